The number of nitrogens with one attached hydrogen (secondary N) is 1. The molecule has 3 nitrogen and oxygen atoms in total. The van der Waals surface area contributed by atoms with Crippen LogP contribution in [0.5, 0.6) is 5.75 Å². The standard InChI is InChI=1S/C20H19BF3NO2/c21-12-19(27,20(22,23)24)18(14-7-3-8-15(26)11-14)25-17-10-4-6-13-5-1-2-9-16(13)17/h1-11,18,25-27H,12,21H2. The molecule has 0 aliphatic heterocycles. The first-order valence-electron chi connectivity index (χ1n) is 8.58. The molecule has 0 amide bonds. The van der Waals surface area contributed by atoms with Crippen LogP contribution in [0.15, 0.2) is 66.7 Å². The van der Waals surface area contributed by atoms with Crippen LogP contribution in [0, 0.1) is 0 Å². The van der Waals surface area contributed by atoms with E-state index in [4.69, 9.17) is 0 Å². The van der Waals surface area contributed by atoms with Crippen LogP contribution in [-0.2, 0) is 0 Å². The molecule has 0 saturated heterocycles. The van der Waals surface area contributed by atoms with Crippen molar-refractivity contribution in [3.63, 3.8) is 0 Å². The van der Waals surface area contributed by atoms with Crippen LogP contribution in [0.4, 0.5) is 18.9 Å². The highest BCUT2D eigenvalue weighted by atomic mass is 19.4. The van der Waals surface area contributed by atoms with Crippen molar-refractivity contribution in [1.82, 2.24) is 0 Å². The number of hydrogen-bond donors (Lipinski definition) is 3. The highest BCUT2D eigenvalue weighted by Crippen LogP contribution is 2.45. The van der Waals surface area contributed by atoms with Gasteiger partial charge in [-0.25, -0.2) is 0 Å². The zero-order chi connectivity index (χ0) is 19.7. The SMILES string of the molecule is BCC(O)(C(Nc1cccc2ccccc12)c1cccc(O)c1)C(F)(F)F. The summed E-state index contributed by atoms with van der Waals surface area (Å²) >= 11 is 0. The molecule has 0 radical (unpaired) electrons. The van der Waals surface area contributed by atoms with Crippen LogP contribution >= 0.6 is 0 Å². The maximum atomic E-state index is 13.8. The topological polar surface area (TPSA) is 52.5 Å². The normalized spacial score (nSPS) is 15.3. The number of phenolic OH excluding ortho intramolecular Hbond substituents is 1. The summed E-state index contributed by atoms with van der Waals surface area (Å²) in [5.74, 6) is -0.169. The molecule has 2 unspecified atom stereocenters. The van der Waals surface area contributed by atoms with E-state index < -0.39 is 24.1 Å². The van der Waals surface area contributed by atoms with Crippen LogP contribution in [0.3, 0.4) is 0 Å². The lowest BCUT2D eigenvalue weighted by Crippen LogP contribution is -2.52. The summed E-state index contributed by atoms with van der Waals surface area (Å²) in [5, 5.41) is 24.9. The van der Waals surface area contributed by atoms with Gasteiger partial charge in [-0.15, -0.1) is 0 Å². The summed E-state index contributed by atoms with van der Waals surface area (Å²) in [7, 11) is 1.29. The summed E-state index contributed by atoms with van der Waals surface area (Å²) < 4.78 is 41.4. The number of hydrogen-bond acceptors (Lipinski definition) is 3. The number of aliphatic hydroxyl groups is 1. The molecule has 3 aromatic carbocycles. The van der Waals surface area contributed by atoms with Crippen molar-refractivity contribution < 1.29 is 23.4 Å². The van der Waals surface area contributed by atoms with Crippen LogP contribution in [0.1, 0.15) is 11.6 Å². The van der Waals surface area contributed by atoms with Crippen LogP contribution < -0.4 is 5.32 Å². The van der Waals surface area contributed by atoms with Gasteiger partial charge in [-0.2, -0.15) is 13.2 Å². The highest BCUT2D eigenvalue weighted by molar-refractivity contribution is 6.09. The van der Waals surface area contributed by atoms with E-state index in [1.807, 2.05) is 18.2 Å². The number of aromatic hydroxyl groups is 1. The molecule has 7 heteroatoms. The summed E-state index contributed by atoms with van der Waals surface area (Å²) in [5.41, 5.74) is -2.40. The van der Waals surface area contributed by atoms with Crippen LogP contribution in [0.2, 0.25) is 6.32 Å². The molecule has 0 heterocycles. The quantitative estimate of drug-likeness (QED) is 0.592. The molecule has 27 heavy (non-hydrogen) atoms. The smallest absolute Gasteiger partial charge is 0.418 e. The average Bonchev–Trinajstić information content (AvgIpc) is 2.64. The Morgan fingerprint density at radius 2 is 1.63 bits per heavy atom. The second-order valence-electron chi connectivity index (χ2n) is 6.47. The minimum Gasteiger partial charge on any atom is -0.508 e. The molecule has 3 aromatic rings. The van der Waals surface area contributed by atoms with Crippen LogP contribution in [-0.4, -0.2) is 29.8 Å². The van der Waals surface area contributed by atoms with Gasteiger partial charge in [-0.3, -0.25) is 0 Å². The van der Waals surface area contributed by atoms with E-state index in [0.717, 1.165) is 10.8 Å². The number of alkyl halides is 3. The van der Waals surface area contributed by atoms with E-state index in [2.05, 4.69) is 5.32 Å². The van der Waals surface area contributed by atoms with Crippen molar-refractivity contribution in [2.45, 2.75) is 24.1 Å². The summed E-state index contributed by atoms with van der Waals surface area (Å²) in [6.45, 7) is 0. The Morgan fingerprint density at radius 1 is 0.963 bits per heavy atom. The predicted octanol–water partition coefficient (Wildman–Crippen LogP) is 4.04. The average molecular weight is 373 g/mol. The number of rotatable bonds is 5. The molecule has 3 N–H and O–H groups in total. The number of anilines is 1. The molecule has 0 aromatic heterocycles. The first kappa shape index (κ1) is 19.1. The Hall–Kier alpha value is -2.67. The third kappa shape index (κ3) is 3.60. The van der Waals surface area contributed by atoms with Gasteiger partial charge in [-0.1, -0.05) is 48.5 Å². The number of fused-ring (bicyclic) bond motifs is 1. The molecule has 2 atom stereocenters. The van der Waals surface area contributed by atoms with Crippen LogP contribution in [0.25, 0.3) is 10.8 Å². The Balaban J connectivity index is 2.15. The zero-order valence-electron chi connectivity index (χ0n) is 14.7. The molecule has 0 spiro atoms. The van der Waals surface area contributed by atoms with E-state index in [1.165, 1.54) is 32.1 Å². The van der Waals surface area contributed by atoms with Crippen molar-refractivity contribution in [2.75, 3.05) is 5.32 Å². The fraction of sp³-hybridized carbons (Fsp3) is 0.200. The fourth-order valence-corrected chi connectivity index (χ4v) is 3.26. The maximum Gasteiger partial charge on any atom is 0.418 e. The third-order valence-corrected chi connectivity index (χ3v) is 4.80. The lowest BCUT2D eigenvalue weighted by atomic mass is 9.77. The first-order chi connectivity index (χ1) is 12.8. The number of halogens is 3. The van der Waals surface area contributed by atoms with E-state index in [1.54, 1.807) is 24.3 Å². The van der Waals surface area contributed by atoms with Crippen molar-refractivity contribution in [2.24, 2.45) is 0 Å². The van der Waals surface area contributed by atoms with Crippen molar-refractivity contribution in [3.05, 3.63) is 72.3 Å². The van der Waals surface area contributed by atoms with E-state index in [-0.39, 0.29) is 11.3 Å². The Bertz CT molecular complexity index is 942. The lowest BCUT2D eigenvalue weighted by molar-refractivity contribution is -0.258. The lowest BCUT2D eigenvalue weighted by Gasteiger charge is -2.38. The Labute approximate surface area is 155 Å². The first-order valence-corrected chi connectivity index (χ1v) is 8.58. The summed E-state index contributed by atoms with van der Waals surface area (Å²) in [6, 6.07) is 16.6. The van der Waals surface area contributed by atoms with Gasteiger partial charge in [-0.05, 0) is 35.5 Å². The maximum absolute atomic E-state index is 13.8. The van der Waals surface area contributed by atoms with Gasteiger partial charge in [0.15, 0.2) is 5.60 Å². The monoisotopic (exact) mass is 373 g/mol. The highest BCUT2D eigenvalue weighted by Gasteiger charge is 2.57. The Morgan fingerprint density at radius 3 is 2.30 bits per heavy atom. The summed E-state index contributed by atoms with van der Waals surface area (Å²) in [6.07, 6.45) is -5.41. The molecule has 0 saturated carbocycles. The minimum atomic E-state index is -4.87. The van der Waals surface area contributed by atoms with Gasteiger partial charge in [0.05, 0.1) is 6.04 Å². The van der Waals surface area contributed by atoms with Crippen molar-refractivity contribution in [1.29, 1.82) is 0 Å². The molecular formula is C20H19BF3NO2. The molecule has 0 aliphatic carbocycles. The molecule has 0 fully saturated rings. The van der Waals surface area contributed by atoms with E-state index in [0.29, 0.717) is 5.69 Å². The second kappa shape index (κ2) is 7.16. The second-order valence-corrected chi connectivity index (χ2v) is 6.47. The van der Waals surface area contributed by atoms with Gasteiger partial charge in [0.2, 0.25) is 0 Å². The summed E-state index contributed by atoms with van der Waals surface area (Å²) in [4.78, 5) is 0. The number of benzene rings is 3. The fourth-order valence-electron chi connectivity index (χ4n) is 3.26. The van der Waals surface area contributed by atoms with Gasteiger partial charge in [0.1, 0.15) is 13.6 Å². The zero-order valence-corrected chi connectivity index (χ0v) is 14.7. The molecule has 3 rings (SSSR count). The predicted molar refractivity (Wildman–Crippen MR) is 103 cm³/mol. The third-order valence-electron chi connectivity index (χ3n) is 4.80. The van der Waals surface area contributed by atoms with Gasteiger partial charge in [0.25, 0.3) is 0 Å². The molecule has 140 valence electrons. The van der Waals surface area contributed by atoms with Gasteiger partial charge < -0.3 is 15.5 Å². The van der Waals surface area contributed by atoms with E-state index in [9.17, 15) is 23.4 Å². The van der Waals surface area contributed by atoms with Crippen molar-refractivity contribution in [3.8, 4) is 5.75 Å². The largest absolute Gasteiger partial charge is 0.508 e. The minimum absolute atomic E-state index is 0.143. The molecular weight excluding hydrogens is 354 g/mol. The van der Waals surface area contributed by atoms with Crippen molar-refractivity contribution >= 4 is 24.3 Å². The van der Waals surface area contributed by atoms with E-state index >= 15 is 0 Å². The molecule has 0 aliphatic rings. The Kier molecular flexibility index (Phi) is 5.06. The number of phenols is 1. The van der Waals surface area contributed by atoms with Gasteiger partial charge >= 0.3 is 6.18 Å². The molecule has 0 bridgehead atoms. The van der Waals surface area contributed by atoms with Gasteiger partial charge in [0, 0.05) is 11.1 Å².